The van der Waals surface area contributed by atoms with Crippen molar-refractivity contribution in [3.05, 3.63) is 41.5 Å². The normalized spacial score (nSPS) is 12.6. The van der Waals surface area contributed by atoms with E-state index in [0.717, 1.165) is 5.56 Å². The third kappa shape index (κ3) is 3.00. The average molecular weight is 255 g/mol. The number of hydrogen-bond donors (Lipinski definition) is 0. The molecular formula is C11H12ClFN4. The third-order valence-corrected chi connectivity index (χ3v) is 2.86. The van der Waals surface area contributed by atoms with Crippen molar-refractivity contribution in [1.82, 2.24) is 20.2 Å². The number of halogens is 2. The van der Waals surface area contributed by atoms with Gasteiger partial charge in [0.15, 0.2) is 5.82 Å². The predicted molar refractivity (Wildman–Crippen MR) is 62.4 cm³/mol. The van der Waals surface area contributed by atoms with Gasteiger partial charge < -0.3 is 0 Å². The van der Waals surface area contributed by atoms with E-state index in [1.807, 2.05) is 6.07 Å². The van der Waals surface area contributed by atoms with Crippen LogP contribution in [0.2, 0.25) is 0 Å². The molecule has 0 saturated heterocycles. The fourth-order valence-corrected chi connectivity index (χ4v) is 1.93. The molecule has 0 spiro atoms. The van der Waals surface area contributed by atoms with E-state index in [0.29, 0.717) is 18.1 Å². The quantitative estimate of drug-likeness (QED) is 0.783. The molecule has 0 bridgehead atoms. The van der Waals surface area contributed by atoms with Crippen LogP contribution < -0.4 is 0 Å². The molecule has 1 aromatic carbocycles. The SMILES string of the molecule is Cn1nnc(CC(CCl)c2cccc(F)c2)n1. The van der Waals surface area contributed by atoms with Crippen molar-refractivity contribution in [2.24, 2.45) is 7.05 Å². The van der Waals surface area contributed by atoms with Crippen LogP contribution in [0.1, 0.15) is 17.3 Å². The highest BCUT2D eigenvalue weighted by atomic mass is 35.5. The standard InChI is InChI=1S/C11H12ClFN4/c1-17-15-11(14-16-17)6-9(7-12)8-3-2-4-10(13)5-8/h2-5,9H,6-7H2,1H3. The van der Waals surface area contributed by atoms with Gasteiger partial charge in [0.25, 0.3) is 0 Å². The molecule has 1 aromatic heterocycles. The lowest BCUT2D eigenvalue weighted by Gasteiger charge is -2.11. The van der Waals surface area contributed by atoms with Crippen molar-refractivity contribution in [2.75, 3.05) is 5.88 Å². The maximum Gasteiger partial charge on any atom is 0.175 e. The first kappa shape index (κ1) is 12.0. The number of rotatable bonds is 4. The fraction of sp³-hybridized carbons (Fsp3) is 0.364. The second-order valence-electron chi connectivity index (χ2n) is 3.81. The molecule has 6 heteroatoms. The minimum atomic E-state index is -0.260. The first-order valence-electron chi connectivity index (χ1n) is 5.23. The fourth-order valence-electron chi connectivity index (χ4n) is 1.65. The lowest BCUT2D eigenvalue weighted by Crippen LogP contribution is -2.07. The molecule has 90 valence electrons. The maximum atomic E-state index is 13.1. The smallest absolute Gasteiger partial charge is 0.175 e. The molecule has 0 N–H and O–H groups in total. The van der Waals surface area contributed by atoms with Gasteiger partial charge in [-0.15, -0.1) is 21.8 Å². The van der Waals surface area contributed by atoms with E-state index in [-0.39, 0.29) is 11.7 Å². The highest BCUT2D eigenvalue weighted by molar-refractivity contribution is 6.18. The van der Waals surface area contributed by atoms with Crippen LogP contribution in [-0.4, -0.2) is 26.1 Å². The molecule has 0 amide bonds. The maximum absolute atomic E-state index is 13.1. The molecule has 0 aliphatic rings. The first-order valence-corrected chi connectivity index (χ1v) is 5.77. The Labute approximate surface area is 103 Å². The van der Waals surface area contributed by atoms with E-state index < -0.39 is 0 Å². The van der Waals surface area contributed by atoms with Gasteiger partial charge in [0.1, 0.15) is 5.82 Å². The van der Waals surface area contributed by atoms with Gasteiger partial charge in [0.05, 0.1) is 7.05 Å². The molecule has 2 aromatic rings. The van der Waals surface area contributed by atoms with E-state index in [4.69, 9.17) is 11.6 Å². The van der Waals surface area contributed by atoms with Gasteiger partial charge in [0.2, 0.25) is 0 Å². The number of alkyl halides is 1. The van der Waals surface area contributed by atoms with Gasteiger partial charge in [-0.05, 0) is 22.9 Å². The monoisotopic (exact) mass is 254 g/mol. The van der Waals surface area contributed by atoms with Gasteiger partial charge in [-0.3, -0.25) is 0 Å². The van der Waals surface area contributed by atoms with Crippen LogP contribution in [-0.2, 0) is 13.5 Å². The van der Waals surface area contributed by atoms with Crippen LogP contribution in [0.5, 0.6) is 0 Å². The molecule has 0 aliphatic carbocycles. The van der Waals surface area contributed by atoms with E-state index >= 15 is 0 Å². The van der Waals surface area contributed by atoms with Crippen LogP contribution in [0.25, 0.3) is 0 Å². The first-order chi connectivity index (χ1) is 8.19. The minimum Gasteiger partial charge on any atom is -0.207 e. The number of hydrogen-bond acceptors (Lipinski definition) is 3. The second-order valence-corrected chi connectivity index (χ2v) is 4.11. The van der Waals surface area contributed by atoms with Crippen molar-refractivity contribution < 1.29 is 4.39 Å². The number of tetrazole rings is 1. The number of nitrogens with zero attached hydrogens (tertiary/aromatic N) is 4. The summed E-state index contributed by atoms with van der Waals surface area (Å²) < 4.78 is 13.1. The van der Waals surface area contributed by atoms with E-state index in [1.54, 1.807) is 13.1 Å². The van der Waals surface area contributed by atoms with Crippen LogP contribution in [0.15, 0.2) is 24.3 Å². The summed E-state index contributed by atoms with van der Waals surface area (Å²) in [7, 11) is 1.70. The summed E-state index contributed by atoms with van der Waals surface area (Å²) in [5.74, 6) is 0.741. The van der Waals surface area contributed by atoms with Crippen LogP contribution in [0, 0.1) is 5.82 Å². The molecule has 0 radical (unpaired) electrons. The highest BCUT2D eigenvalue weighted by Gasteiger charge is 2.14. The Bertz CT molecular complexity index is 500. The molecule has 1 atom stereocenters. The average Bonchev–Trinajstić information content (AvgIpc) is 2.72. The summed E-state index contributed by atoms with van der Waals surface area (Å²) in [4.78, 5) is 1.40. The van der Waals surface area contributed by atoms with Crippen molar-refractivity contribution in [1.29, 1.82) is 0 Å². The van der Waals surface area contributed by atoms with Gasteiger partial charge in [0, 0.05) is 18.2 Å². The summed E-state index contributed by atoms with van der Waals surface area (Å²) in [5.41, 5.74) is 0.854. The summed E-state index contributed by atoms with van der Waals surface area (Å²) in [6.07, 6.45) is 0.556. The number of aromatic nitrogens is 4. The molecule has 1 unspecified atom stereocenters. The number of benzene rings is 1. The van der Waals surface area contributed by atoms with Crippen LogP contribution in [0.3, 0.4) is 0 Å². The second kappa shape index (κ2) is 5.23. The Morgan fingerprint density at radius 1 is 1.47 bits per heavy atom. The van der Waals surface area contributed by atoms with E-state index in [9.17, 15) is 4.39 Å². The van der Waals surface area contributed by atoms with Crippen molar-refractivity contribution in [3.63, 3.8) is 0 Å². The third-order valence-electron chi connectivity index (χ3n) is 2.49. The number of aryl methyl sites for hydroxylation is 1. The van der Waals surface area contributed by atoms with Crippen molar-refractivity contribution in [2.45, 2.75) is 12.3 Å². The zero-order valence-corrected chi connectivity index (χ0v) is 10.1. The Morgan fingerprint density at radius 2 is 2.29 bits per heavy atom. The minimum absolute atomic E-state index is 0.00318. The summed E-state index contributed by atoms with van der Waals surface area (Å²) >= 11 is 5.91. The molecule has 17 heavy (non-hydrogen) atoms. The lowest BCUT2D eigenvalue weighted by atomic mass is 9.97. The largest absolute Gasteiger partial charge is 0.207 e. The van der Waals surface area contributed by atoms with Crippen molar-refractivity contribution >= 4 is 11.6 Å². The molecule has 2 rings (SSSR count). The van der Waals surface area contributed by atoms with Gasteiger partial charge in [-0.25, -0.2) is 4.39 Å². The summed E-state index contributed by atoms with van der Waals surface area (Å²) in [6, 6.07) is 6.43. The van der Waals surface area contributed by atoms with Gasteiger partial charge in [-0.1, -0.05) is 12.1 Å². The van der Waals surface area contributed by atoms with Crippen LogP contribution >= 0.6 is 11.6 Å². The molecule has 0 saturated carbocycles. The predicted octanol–water partition coefficient (Wildman–Crippen LogP) is 1.91. The summed E-state index contributed by atoms with van der Waals surface area (Å²) in [6.45, 7) is 0. The van der Waals surface area contributed by atoms with E-state index in [1.165, 1.54) is 16.9 Å². The molecule has 4 nitrogen and oxygen atoms in total. The van der Waals surface area contributed by atoms with Crippen molar-refractivity contribution in [3.8, 4) is 0 Å². The topological polar surface area (TPSA) is 43.6 Å². The molecular weight excluding hydrogens is 243 g/mol. The van der Waals surface area contributed by atoms with Gasteiger partial charge in [-0.2, -0.15) is 4.80 Å². The zero-order valence-electron chi connectivity index (χ0n) is 9.35. The molecule has 0 fully saturated rings. The summed E-state index contributed by atoms with van der Waals surface area (Å²) in [5, 5.41) is 11.7. The molecule has 0 aliphatic heterocycles. The molecule has 1 heterocycles. The highest BCUT2D eigenvalue weighted by Crippen LogP contribution is 2.21. The van der Waals surface area contributed by atoms with Crippen LogP contribution in [0.4, 0.5) is 4.39 Å². The Balaban J connectivity index is 2.16. The van der Waals surface area contributed by atoms with E-state index in [2.05, 4.69) is 15.4 Å². The lowest BCUT2D eigenvalue weighted by molar-refractivity contribution is 0.616. The van der Waals surface area contributed by atoms with Gasteiger partial charge >= 0.3 is 0 Å². The Morgan fingerprint density at radius 3 is 2.88 bits per heavy atom. The Hall–Kier alpha value is -1.49. The zero-order chi connectivity index (χ0) is 12.3. The Kier molecular flexibility index (Phi) is 3.68.